The standard InChI is InChI=1S/C12H4Cl4I2/c13-7-3-11(17)9(15)1-5(7)6-2-10(16)12(18)4-8(6)14/h1-4H. The van der Waals surface area contributed by atoms with Gasteiger partial charge < -0.3 is 0 Å². The van der Waals surface area contributed by atoms with Crippen LogP contribution in [-0.2, 0) is 0 Å². The third-order valence-corrected chi connectivity index (χ3v) is 5.98. The Morgan fingerprint density at radius 1 is 0.556 bits per heavy atom. The van der Waals surface area contributed by atoms with Crippen molar-refractivity contribution in [1.29, 1.82) is 0 Å². The van der Waals surface area contributed by atoms with Gasteiger partial charge in [0, 0.05) is 28.3 Å². The number of hydrogen-bond acceptors (Lipinski definition) is 0. The van der Waals surface area contributed by atoms with Gasteiger partial charge in [0.2, 0.25) is 0 Å². The third-order valence-electron chi connectivity index (χ3n) is 2.31. The molecule has 0 aliphatic rings. The van der Waals surface area contributed by atoms with E-state index in [0.29, 0.717) is 20.1 Å². The van der Waals surface area contributed by atoms with Crippen molar-refractivity contribution in [1.82, 2.24) is 0 Å². The Morgan fingerprint density at radius 3 is 1.22 bits per heavy atom. The molecule has 2 aromatic rings. The van der Waals surface area contributed by atoms with Crippen LogP contribution in [-0.4, -0.2) is 0 Å². The zero-order chi connectivity index (χ0) is 13.4. The van der Waals surface area contributed by atoms with Crippen molar-refractivity contribution >= 4 is 91.6 Å². The molecule has 0 radical (unpaired) electrons. The highest BCUT2D eigenvalue weighted by atomic mass is 127. The van der Waals surface area contributed by atoms with Crippen molar-refractivity contribution in [3.63, 3.8) is 0 Å². The second kappa shape index (κ2) is 6.22. The van der Waals surface area contributed by atoms with Gasteiger partial charge in [-0.15, -0.1) is 0 Å². The van der Waals surface area contributed by atoms with Crippen molar-refractivity contribution < 1.29 is 0 Å². The van der Waals surface area contributed by atoms with Crippen LogP contribution in [0, 0.1) is 7.14 Å². The lowest BCUT2D eigenvalue weighted by molar-refractivity contribution is 1.57. The molecule has 0 atom stereocenters. The molecule has 0 fully saturated rings. The first-order chi connectivity index (χ1) is 8.40. The Labute approximate surface area is 152 Å². The van der Waals surface area contributed by atoms with Crippen molar-refractivity contribution in [3.05, 3.63) is 51.5 Å². The maximum Gasteiger partial charge on any atom is 0.0546 e. The van der Waals surface area contributed by atoms with E-state index in [9.17, 15) is 0 Å². The van der Waals surface area contributed by atoms with Gasteiger partial charge in [-0.1, -0.05) is 46.4 Å². The molecular weight excluding hydrogens is 540 g/mol. The molecule has 0 N–H and O–H groups in total. The van der Waals surface area contributed by atoms with E-state index >= 15 is 0 Å². The first-order valence-corrected chi connectivity index (χ1v) is 8.36. The molecule has 2 rings (SSSR count). The Bertz CT molecular complexity index is 570. The zero-order valence-corrected chi connectivity index (χ0v) is 15.9. The number of halogens is 6. The second-order valence-corrected chi connectivity index (χ2v) is 7.45. The van der Waals surface area contributed by atoms with E-state index in [1.54, 1.807) is 12.1 Å². The molecular formula is C12H4Cl4I2. The van der Waals surface area contributed by atoms with Crippen LogP contribution in [0.1, 0.15) is 0 Å². The van der Waals surface area contributed by atoms with Crippen molar-refractivity contribution in [3.8, 4) is 11.1 Å². The van der Waals surface area contributed by atoms with Crippen molar-refractivity contribution in [2.24, 2.45) is 0 Å². The van der Waals surface area contributed by atoms with Crippen LogP contribution >= 0.6 is 91.6 Å². The lowest BCUT2D eigenvalue weighted by Gasteiger charge is -2.10. The van der Waals surface area contributed by atoms with E-state index < -0.39 is 0 Å². The number of benzene rings is 2. The highest BCUT2D eigenvalue weighted by Crippen LogP contribution is 2.39. The van der Waals surface area contributed by atoms with Gasteiger partial charge in [0.1, 0.15) is 0 Å². The summed E-state index contributed by atoms with van der Waals surface area (Å²) < 4.78 is 1.80. The fraction of sp³-hybridized carbons (Fsp3) is 0. The number of rotatable bonds is 1. The largest absolute Gasteiger partial charge is 0.0836 e. The molecule has 2 aromatic carbocycles. The molecule has 0 aromatic heterocycles. The maximum atomic E-state index is 6.23. The van der Waals surface area contributed by atoms with Crippen LogP contribution in [0.5, 0.6) is 0 Å². The van der Waals surface area contributed by atoms with Gasteiger partial charge in [0.15, 0.2) is 0 Å². The summed E-state index contributed by atoms with van der Waals surface area (Å²) in [4.78, 5) is 0. The topological polar surface area (TPSA) is 0 Å². The minimum absolute atomic E-state index is 0.600. The Balaban J connectivity index is 2.69. The average Bonchev–Trinajstić information content (AvgIpc) is 2.29. The first-order valence-electron chi connectivity index (χ1n) is 4.69. The van der Waals surface area contributed by atoms with E-state index in [0.717, 1.165) is 18.3 Å². The summed E-state index contributed by atoms with van der Waals surface area (Å²) in [5.74, 6) is 0. The maximum absolute atomic E-state index is 6.23. The molecule has 0 spiro atoms. The summed E-state index contributed by atoms with van der Waals surface area (Å²) in [6.45, 7) is 0. The van der Waals surface area contributed by atoms with Crippen molar-refractivity contribution in [2.75, 3.05) is 0 Å². The van der Waals surface area contributed by atoms with E-state index in [2.05, 4.69) is 45.2 Å². The molecule has 0 amide bonds. The van der Waals surface area contributed by atoms with Crippen LogP contribution in [0.25, 0.3) is 11.1 Å². The summed E-state index contributed by atoms with van der Waals surface area (Å²) in [5, 5.41) is 2.48. The molecule has 0 saturated carbocycles. The summed E-state index contributed by atoms with van der Waals surface area (Å²) in [5.41, 5.74) is 1.57. The van der Waals surface area contributed by atoms with Crippen molar-refractivity contribution in [2.45, 2.75) is 0 Å². The van der Waals surface area contributed by atoms with E-state index in [1.807, 2.05) is 12.1 Å². The molecule has 94 valence electrons. The quantitative estimate of drug-likeness (QED) is 0.264. The summed E-state index contributed by atoms with van der Waals surface area (Å²) in [6, 6.07) is 7.22. The predicted molar refractivity (Wildman–Crippen MR) is 97.4 cm³/mol. The summed E-state index contributed by atoms with van der Waals surface area (Å²) >= 11 is 29.0. The smallest absolute Gasteiger partial charge is 0.0546 e. The zero-order valence-electron chi connectivity index (χ0n) is 8.58. The highest BCUT2D eigenvalue weighted by molar-refractivity contribution is 14.1. The minimum atomic E-state index is 0.600. The van der Waals surface area contributed by atoms with E-state index in [1.165, 1.54) is 0 Å². The van der Waals surface area contributed by atoms with Gasteiger partial charge in [0.25, 0.3) is 0 Å². The fourth-order valence-electron chi connectivity index (χ4n) is 1.46. The Morgan fingerprint density at radius 2 is 0.889 bits per heavy atom. The minimum Gasteiger partial charge on any atom is -0.0836 e. The van der Waals surface area contributed by atoms with Gasteiger partial charge in [-0.05, 0) is 69.4 Å². The number of hydrogen-bond donors (Lipinski definition) is 0. The lowest BCUT2D eigenvalue weighted by atomic mass is 10.1. The van der Waals surface area contributed by atoms with E-state index in [4.69, 9.17) is 46.4 Å². The molecule has 0 unspecified atom stereocenters. The lowest BCUT2D eigenvalue weighted by Crippen LogP contribution is -1.86. The average molecular weight is 544 g/mol. The normalized spacial score (nSPS) is 10.8. The Hall–Kier alpha value is 1.06. The fourth-order valence-corrected chi connectivity index (χ4v) is 3.62. The van der Waals surface area contributed by atoms with Gasteiger partial charge in [-0.25, -0.2) is 0 Å². The molecule has 0 bridgehead atoms. The van der Waals surface area contributed by atoms with Gasteiger partial charge >= 0.3 is 0 Å². The molecule has 0 nitrogen and oxygen atoms in total. The third kappa shape index (κ3) is 3.20. The summed E-state index contributed by atoms with van der Waals surface area (Å²) in [6.07, 6.45) is 0. The molecule has 6 heteroatoms. The van der Waals surface area contributed by atoms with Crippen LogP contribution in [0.4, 0.5) is 0 Å². The molecule has 0 aliphatic heterocycles. The van der Waals surface area contributed by atoms with Crippen LogP contribution < -0.4 is 0 Å². The molecule has 0 saturated heterocycles. The van der Waals surface area contributed by atoms with Crippen LogP contribution in [0.3, 0.4) is 0 Å². The van der Waals surface area contributed by atoms with Crippen LogP contribution in [0.15, 0.2) is 24.3 Å². The van der Waals surface area contributed by atoms with Crippen LogP contribution in [0.2, 0.25) is 20.1 Å². The Kier molecular flexibility index (Phi) is 5.34. The SMILES string of the molecule is Clc1cc(-c2cc(Cl)c(I)cc2Cl)c(Cl)cc1I. The van der Waals surface area contributed by atoms with E-state index in [-0.39, 0.29) is 0 Å². The predicted octanol–water partition coefficient (Wildman–Crippen LogP) is 7.18. The van der Waals surface area contributed by atoms with Gasteiger partial charge in [0.05, 0.1) is 10.0 Å². The monoisotopic (exact) mass is 542 g/mol. The molecule has 0 aliphatic carbocycles. The molecule has 0 heterocycles. The first kappa shape index (κ1) is 15.4. The molecule has 18 heavy (non-hydrogen) atoms. The second-order valence-electron chi connectivity index (χ2n) is 3.49. The highest BCUT2D eigenvalue weighted by Gasteiger charge is 2.13. The van der Waals surface area contributed by atoms with Gasteiger partial charge in [-0.3, -0.25) is 0 Å². The summed E-state index contributed by atoms with van der Waals surface area (Å²) in [7, 11) is 0. The van der Waals surface area contributed by atoms with Gasteiger partial charge in [-0.2, -0.15) is 0 Å².